The Hall–Kier alpha value is -2.54. The zero-order chi connectivity index (χ0) is 18.6. The predicted molar refractivity (Wildman–Crippen MR) is 100.0 cm³/mol. The summed E-state index contributed by atoms with van der Waals surface area (Å²) in [5.74, 6) is 0.417. The molecular weight excluding hydrogens is 340 g/mol. The zero-order valence-corrected chi connectivity index (χ0v) is 15.6. The van der Waals surface area contributed by atoms with E-state index in [4.69, 9.17) is 4.74 Å². The molecule has 0 saturated carbocycles. The smallest absolute Gasteiger partial charge is 0.255 e. The molecule has 1 amide bonds. The molecule has 7 heteroatoms. The van der Waals surface area contributed by atoms with Crippen molar-refractivity contribution in [3.63, 3.8) is 0 Å². The molecule has 0 radical (unpaired) electrons. The molecule has 0 heterocycles. The predicted octanol–water partition coefficient (Wildman–Crippen LogP) is 3.04. The summed E-state index contributed by atoms with van der Waals surface area (Å²) in [6.45, 7) is 4.27. The van der Waals surface area contributed by atoms with Crippen LogP contribution < -0.4 is 14.4 Å². The number of hydrogen-bond donors (Lipinski definition) is 1. The molecule has 134 valence electrons. The van der Waals surface area contributed by atoms with Crippen LogP contribution in [0, 0.1) is 6.92 Å². The van der Waals surface area contributed by atoms with Crippen molar-refractivity contribution in [3.8, 4) is 5.75 Å². The molecule has 6 nitrogen and oxygen atoms in total. The minimum atomic E-state index is -3.40. The van der Waals surface area contributed by atoms with Crippen LogP contribution in [0.1, 0.15) is 22.8 Å². The van der Waals surface area contributed by atoms with Gasteiger partial charge in [0.2, 0.25) is 10.0 Å². The topological polar surface area (TPSA) is 75.7 Å². The Morgan fingerprint density at radius 2 is 1.80 bits per heavy atom. The van der Waals surface area contributed by atoms with Crippen molar-refractivity contribution < 1.29 is 17.9 Å². The first kappa shape index (κ1) is 18.8. The summed E-state index contributed by atoms with van der Waals surface area (Å²) >= 11 is 0. The van der Waals surface area contributed by atoms with E-state index < -0.39 is 10.0 Å². The number of rotatable bonds is 6. The molecule has 0 aromatic heterocycles. The molecule has 0 saturated heterocycles. The maximum Gasteiger partial charge on any atom is 0.255 e. The highest BCUT2D eigenvalue weighted by molar-refractivity contribution is 7.92. The van der Waals surface area contributed by atoms with Crippen LogP contribution in [0.3, 0.4) is 0 Å². The van der Waals surface area contributed by atoms with Crippen molar-refractivity contribution in [1.82, 2.24) is 0 Å². The fourth-order valence-corrected chi connectivity index (χ4v) is 2.83. The van der Waals surface area contributed by atoms with Crippen molar-refractivity contribution in [1.29, 1.82) is 0 Å². The number of hydrogen-bond acceptors (Lipinski definition) is 4. The molecule has 0 spiro atoms. The second-order valence-electron chi connectivity index (χ2n) is 5.64. The van der Waals surface area contributed by atoms with Gasteiger partial charge in [-0.2, -0.15) is 0 Å². The SMILES string of the molecule is CCOc1ccc(NC(=O)c2ccc(C)c(N(C)S(C)(=O)=O)c2)cc1. The van der Waals surface area contributed by atoms with Gasteiger partial charge in [-0.3, -0.25) is 9.10 Å². The molecule has 25 heavy (non-hydrogen) atoms. The lowest BCUT2D eigenvalue weighted by Crippen LogP contribution is -2.26. The van der Waals surface area contributed by atoms with Gasteiger partial charge >= 0.3 is 0 Å². The van der Waals surface area contributed by atoms with E-state index in [2.05, 4.69) is 5.32 Å². The Morgan fingerprint density at radius 1 is 1.16 bits per heavy atom. The van der Waals surface area contributed by atoms with Crippen LogP contribution in [0.4, 0.5) is 11.4 Å². The van der Waals surface area contributed by atoms with Crippen molar-refractivity contribution in [2.45, 2.75) is 13.8 Å². The summed E-state index contributed by atoms with van der Waals surface area (Å²) < 4.78 is 30.0. The number of amides is 1. The van der Waals surface area contributed by atoms with Crippen LogP contribution in [0.5, 0.6) is 5.75 Å². The first-order valence-corrected chi connectivity index (χ1v) is 9.66. The van der Waals surface area contributed by atoms with Gasteiger partial charge in [0.1, 0.15) is 5.75 Å². The van der Waals surface area contributed by atoms with Gasteiger partial charge in [0.05, 0.1) is 18.6 Å². The molecule has 0 bridgehead atoms. The summed E-state index contributed by atoms with van der Waals surface area (Å²) in [4.78, 5) is 12.5. The van der Waals surface area contributed by atoms with Gasteiger partial charge in [-0.15, -0.1) is 0 Å². The number of ether oxygens (including phenoxy) is 1. The first-order valence-electron chi connectivity index (χ1n) is 7.81. The number of anilines is 2. The summed E-state index contributed by atoms with van der Waals surface area (Å²) in [7, 11) is -1.94. The van der Waals surface area contributed by atoms with Gasteiger partial charge in [0, 0.05) is 18.3 Å². The Kier molecular flexibility index (Phi) is 5.69. The van der Waals surface area contributed by atoms with Crippen molar-refractivity contribution in [3.05, 3.63) is 53.6 Å². The van der Waals surface area contributed by atoms with Crippen LogP contribution in [0.2, 0.25) is 0 Å². The fourth-order valence-electron chi connectivity index (χ4n) is 2.27. The Balaban J connectivity index is 2.22. The highest BCUT2D eigenvalue weighted by Crippen LogP contribution is 2.23. The van der Waals surface area contributed by atoms with Crippen LogP contribution in [0.15, 0.2) is 42.5 Å². The van der Waals surface area contributed by atoms with E-state index >= 15 is 0 Å². The molecule has 0 aliphatic rings. The molecule has 2 aromatic rings. The standard InChI is InChI=1S/C18H22N2O4S/c1-5-24-16-10-8-15(9-11-16)19-18(21)14-7-6-13(2)17(12-14)20(3)25(4,22)23/h6-12H,5H2,1-4H3,(H,19,21). The van der Waals surface area contributed by atoms with Gasteiger partial charge in [-0.25, -0.2) is 8.42 Å². The quantitative estimate of drug-likeness (QED) is 0.857. The minimum Gasteiger partial charge on any atom is -0.494 e. The molecule has 0 unspecified atom stereocenters. The van der Waals surface area contributed by atoms with Crippen LogP contribution in [-0.4, -0.2) is 34.2 Å². The molecule has 0 atom stereocenters. The van der Waals surface area contributed by atoms with E-state index in [1.165, 1.54) is 7.05 Å². The van der Waals surface area contributed by atoms with Crippen LogP contribution in [-0.2, 0) is 10.0 Å². The maximum atomic E-state index is 12.5. The molecule has 1 N–H and O–H groups in total. The maximum absolute atomic E-state index is 12.5. The number of carbonyl (C=O) groups is 1. The average Bonchev–Trinajstić information content (AvgIpc) is 2.56. The van der Waals surface area contributed by atoms with E-state index in [1.807, 2.05) is 6.92 Å². The largest absolute Gasteiger partial charge is 0.494 e. The molecule has 2 aromatic carbocycles. The van der Waals surface area contributed by atoms with E-state index in [9.17, 15) is 13.2 Å². The highest BCUT2D eigenvalue weighted by Gasteiger charge is 2.16. The average molecular weight is 362 g/mol. The lowest BCUT2D eigenvalue weighted by Gasteiger charge is -2.19. The number of aryl methyl sites for hydroxylation is 1. The summed E-state index contributed by atoms with van der Waals surface area (Å²) in [6, 6.07) is 12.0. The van der Waals surface area contributed by atoms with Crippen LogP contribution >= 0.6 is 0 Å². The third kappa shape index (κ3) is 4.73. The number of benzene rings is 2. The molecule has 2 rings (SSSR count). The van der Waals surface area contributed by atoms with Crippen LogP contribution in [0.25, 0.3) is 0 Å². The van der Waals surface area contributed by atoms with E-state index in [0.717, 1.165) is 21.9 Å². The summed E-state index contributed by atoms with van der Waals surface area (Å²) in [5, 5.41) is 2.79. The van der Waals surface area contributed by atoms with Crippen molar-refractivity contribution in [2.24, 2.45) is 0 Å². The lowest BCUT2D eigenvalue weighted by atomic mass is 10.1. The van der Waals surface area contributed by atoms with E-state index in [1.54, 1.807) is 49.4 Å². The van der Waals surface area contributed by atoms with Gasteiger partial charge in [-0.05, 0) is 55.8 Å². The van der Waals surface area contributed by atoms with Gasteiger partial charge in [0.25, 0.3) is 5.91 Å². The van der Waals surface area contributed by atoms with Gasteiger partial charge in [-0.1, -0.05) is 6.07 Å². The number of nitrogens with zero attached hydrogens (tertiary/aromatic N) is 1. The second-order valence-corrected chi connectivity index (χ2v) is 7.66. The summed E-state index contributed by atoms with van der Waals surface area (Å²) in [6.07, 6.45) is 1.12. The van der Waals surface area contributed by atoms with Gasteiger partial charge < -0.3 is 10.1 Å². The Morgan fingerprint density at radius 3 is 2.36 bits per heavy atom. The van der Waals surface area contributed by atoms with E-state index in [0.29, 0.717) is 23.5 Å². The Labute approximate surface area is 148 Å². The highest BCUT2D eigenvalue weighted by atomic mass is 32.2. The lowest BCUT2D eigenvalue weighted by molar-refractivity contribution is 0.102. The fraction of sp³-hybridized carbons (Fsp3) is 0.278. The second kappa shape index (κ2) is 7.57. The normalized spacial score (nSPS) is 11.0. The number of sulfonamides is 1. The first-order chi connectivity index (χ1) is 11.7. The molecule has 0 aliphatic heterocycles. The minimum absolute atomic E-state index is 0.313. The van der Waals surface area contributed by atoms with Gasteiger partial charge in [0.15, 0.2) is 0 Å². The van der Waals surface area contributed by atoms with Crippen molar-refractivity contribution in [2.75, 3.05) is 29.5 Å². The molecular formula is C18H22N2O4S. The number of carbonyl (C=O) groups excluding carboxylic acids is 1. The summed E-state index contributed by atoms with van der Waals surface area (Å²) in [5.41, 5.74) is 2.25. The van der Waals surface area contributed by atoms with E-state index in [-0.39, 0.29) is 5.91 Å². The molecule has 0 fully saturated rings. The number of nitrogens with one attached hydrogen (secondary N) is 1. The molecule has 0 aliphatic carbocycles. The van der Waals surface area contributed by atoms with Crippen molar-refractivity contribution >= 4 is 27.3 Å². The Bertz CT molecular complexity index is 861. The zero-order valence-electron chi connectivity index (χ0n) is 14.7. The third-order valence-electron chi connectivity index (χ3n) is 3.73. The monoisotopic (exact) mass is 362 g/mol. The third-order valence-corrected chi connectivity index (χ3v) is 4.92.